The first-order valence-electron chi connectivity index (χ1n) is 4.83. The molecule has 0 saturated heterocycles. The molecule has 16 heavy (non-hydrogen) atoms. The second kappa shape index (κ2) is 5.29. The van der Waals surface area contributed by atoms with Gasteiger partial charge in [-0.3, -0.25) is 4.79 Å². The molecule has 94 valence electrons. The van der Waals surface area contributed by atoms with Gasteiger partial charge in [-0.2, -0.15) is 0 Å². The summed E-state index contributed by atoms with van der Waals surface area (Å²) in [5, 5.41) is 11.2. The molecule has 0 bridgehead atoms. The van der Waals surface area contributed by atoms with Gasteiger partial charge in [0.15, 0.2) is 0 Å². The third-order valence-electron chi connectivity index (χ3n) is 2.29. The summed E-state index contributed by atoms with van der Waals surface area (Å²) >= 11 is 0. The summed E-state index contributed by atoms with van der Waals surface area (Å²) in [6, 6.07) is 0. The number of nitrogens with one attached hydrogen (secondary N) is 1. The van der Waals surface area contributed by atoms with E-state index in [-0.39, 0.29) is 18.6 Å². The predicted octanol–water partition coefficient (Wildman–Crippen LogP) is -0.209. The summed E-state index contributed by atoms with van der Waals surface area (Å²) < 4.78 is 21.6. The van der Waals surface area contributed by atoms with Gasteiger partial charge in [0, 0.05) is 12.7 Å². The van der Waals surface area contributed by atoms with Crippen molar-refractivity contribution in [3.63, 3.8) is 0 Å². The number of carbonyl (C=O) groups is 2. The highest BCUT2D eigenvalue weighted by molar-refractivity contribution is 7.90. The Labute approximate surface area is 95.0 Å². The van der Waals surface area contributed by atoms with E-state index in [1.54, 1.807) is 6.92 Å². The van der Waals surface area contributed by atoms with Crippen LogP contribution in [-0.2, 0) is 19.4 Å². The molecule has 0 saturated carbocycles. The summed E-state index contributed by atoms with van der Waals surface area (Å²) in [4.78, 5) is 22.2. The minimum Gasteiger partial charge on any atom is -0.480 e. The van der Waals surface area contributed by atoms with Crippen LogP contribution < -0.4 is 5.32 Å². The Balaban J connectivity index is 4.39. The Morgan fingerprint density at radius 2 is 1.88 bits per heavy atom. The quantitative estimate of drug-likeness (QED) is 0.680. The van der Waals surface area contributed by atoms with Crippen LogP contribution in [0.3, 0.4) is 0 Å². The van der Waals surface area contributed by atoms with E-state index in [0.29, 0.717) is 0 Å². The average Bonchev–Trinajstić information content (AvgIpc) is 2.13. The van der Waals surface area contributed by atoms with Gasteiger partial charge in [-0.05, 0) is 13.3 Å². The van der Waals surface area contributed by atoms with Crippen LogP contribution in [0.5, 0.6) is 0 Å². The van der Waals surface area contributed by atoms with E-state index in [1.165, 1.54) is 6.92 Å². The van der Waals surface area contributed by atoms with Crippen molar-refractivity contribution in [2.24, 2.45) is 0 Å². The molecular formula is C9H17NO5S. The molecular weight excluding hydrogens is 234 g/mol. The lowest BCUT2D eigenvalue weighted by Crippen LogP contribution is -2.51. The normalized spacial score (nSPS) is 15.2. The van der Waals surface area contributed by atoms with Crippen LogP contribution in [0.1, 0.15) is 26.7 Å². The lowest BCUT2D eigenvalue weighted by molar-refractivity contribution is -0.146. The molecule has 6 nitrogen and oxygen atoms in total. The molecule has 2 N–H and O–H groups in total. The number of sulfone groups is 1. The summed E-state index contributed by atoms with van der Waals surface area (Å²) in [7, 11) is -3.21. The van der Waals surface area contributed by atoms with Gasteiger partial charge in [-0.25, -0.2) is 13.2 Å². The lowest BCUT2D eigenvalue weighted by atomic mass is 9.99. The van der Waals surface area contributed by atoms with Crippen molar-refractivity contribution in [2.75, 3.05) is 12.0 Å². The number of amides is 1. The SMILES string of the molecule is CCC(C)(NC(=O)CCS(C)(=O)=O)C(=O)O. The zero-order chi connectivity index (χ0) is 13.0. The molecule has 0 aliphatic carbocycles. The van der Waals surface area contributed by atoms with E-state index in [2.05, 4.69) is 5.32 Å². The van der Waals surface area contributed by atoms with E-state index in [4.69, 9.17) is 5.11 Å². The first-order chi connectivity index (χ1) is 7.10. The maximum Gasteiger partial charge on any atom is 0.329 e. The average molecular weight is 251 g/mol. The highest BCUT2D eigenvalue weighted by Crippen LogP contribution is 2.09. The Kier molecular flexibility index (Phi) is 4.92. The third-order valence-corrected chi connectivity index (χ3v) is 3.24. The van der Waals surface area contributed by atoms with E-state index in [0.717, 1.165) is 6.26 Å². The summed E-state index contributed by atoms with van der Waals surface area (Å²) in [6.45, 7) is 3.01. The molecule has 0 spiro atoms. The molecule has 0 radical (unpaired) electrons. The van der Waals surface area contributed by atoms with Crippen LogP contribution in [0.15, 0.2) is 0 Å². The standard InChI is InChI=1S/C9H17NO5S/c1-4-9(2,8(12)13)10-7(11)5-6-16(3,14)15/h4-6H2,1-3H3,(H,10,11)(H,12,13). The molecule has 0 aliphatic heterocycles. The van der Waals surface area contributed by atoms with Crippen molar-refractivity contribution < 1.29 is 23.1 Å². The van der Waals surface area contributed by atoms with Crippen LogP contribution in [0.4, 0.5) is 0 Å². The van der Waals surface area contributed by atoms with Crippen molar-refractivity contribution >= 4 is 21.7 Å². The summed E-state index contributed by atoms with van der Waals surface area (Å²) in [6.07, 6.45) is 1.03. The van der Waals surface area contributed by atoms with E-state index in [9.17, 15) is 18.0 Å². The molecule has 7 heteroatoms. The van der Waals surface area contributed by atoms with E-state index >= 15 is 0 Å². The van der Waals surface area contributed by atoms with Crippen molar-refractivity contribution in [3.8, 4) is 0 Å². The molecule has 0 rings (SSSR count). The van der Waals surface area contributed by atoms with Gasteiger partial charge in [0.25, 0.3) is 0 Å². The molecule has 0 aromatic heterocycles. The van der Waals surface area contributed by atoms with Crippen molar-refractivity contribution in [3.05, 3.63) is 0 Å². The molecule has 1 amide bonds. The minimum absolute atomic E-state index is 0.221. The predicted molar refractivity (Wildman–Crippen MR) is 58.8 cm³/mol. The van der Waals surface area contributed by atoms with Crippen molar-refractivity contribution in [1.29, 1.82) is 0 Å². The topological polar surface area (TPSA) is 101 Å². The number of hydrogen-bond acceptors (Lipinski definition) is 4. The van der Waals surface area contributed by atoms with Crippen molar-refractivity contribution in [2.45, 2.75) is 32.2 Å². The van der Waals surface area contributed by atoms with Gasteiger partial charge in [0.2, 0.25) is 5.91 Å². The lowest BCUT2D eigenvalue weighted by Gasteiger charge is -2.24. The molecule has 0 aliphatic rings. The highest BCUT2D eigenvalue weighted by atomic mass is 32.2. The Hall–Kier alpha value is -1.11. The Bertz CT molecular complexity index is 375. The second-order valence-electron chi connectivity index (χ2n) is 3.92. The molecule has 1 unspecified atom stereocenters. The zero-order valence-corrected chi connectivity index (χ0v) is 10.4. The number of carbonyl (C=O) groups excluding carboxylic acids is 1. The molecule has 0 fully saturated rings. The van der Waals surface area contributed by atoms with Gasteiger partial charge < -0.3 is 10.4 Å². The minimum atomic E-state index is -3.21. The Morgan fingerprint density at radius 1 is 1.38 bits per heavy atom. The van der Waals surface area contributed by atoms with Gasteiger partial charge >= 0.3 is 5.97 Å². The molecule has 0 aromatic carbocycles. The largest absolute Gasteiger partial charge is 0.480 e. The number of rotatable bonds is 6. The third kappa shape index (κ3) is 5.11. The first-order valence-corrected chi connectivity index (χ1v) is 6.89. The fourth-order valence-electron chi connectivity index (χ4n) is 0.941. The van der Waals surface area contributed by atoms with Crippen LogP contribution >= 0.6 is 0 Å². The Morgan fingerprint density at radius 3 is 2.19 bits per heavy atom. The van der Waals surface area contributed by atoms with Crippen LogP contribution in [0.2, 0.25) is 0 Å². The summed E-state index contributed by atoms with van der Waals surface area (Å²) in [5.74, 6) is -1.99. The zero-order valence-electron chi connectivity index (χ0n) is 9.61. The van der Waals surface area contributed by atoms with Gasteiger partial charge in [0.05, 0.1) is 5.75 Å². The second-order valence-corrected chi connectivity index (χ2v) is 6.18. The smallest absolute Gasteiger partial charge is 0.329 e. The molecule has 0 heterocycles. The van der Waals surface area contributed by atoms with Crippen LogP contribution in [-0.4, -0.2) is 42.9 Å². The summed E-state index contributed by atoms with van der Waals surface area (Å²) in [5.41, 5.74) is -1.34. The number of carboxylic acids is 1. The van der Waals surface area contributed by atoms with E-state index in [1.807, 2.05) is 0 Å². The monoisotopic (exact) mass is 251 g/mol. The number of aliphatic carboxylic acids is 1. The maximum atomic E-state index is 11.3. The molecule has 1 atom stereocenters. The molecule has 0 aromatic rings. The van der Waals surface area contributed by atoms with Gasteiger partial charge in [0.1, 0.15) is 15.4 Å². The maximum absolute atomic E-state index is 11.3. The fourth-order valence-corrected chi connectivity index (χ4v) is 1.50. The highest BCUT2D eigenvalue weighted by Gasteiger charge is 2.32. The van der Waals surface area contributed by atoms with E-state index < -0.39 is 27.3 Å². The first kappa shape index (κ1) is 14.9. The van der Waals surface area contributed by atoms with Crippen LogP contribution in [0, 0.1) is 0 Å². The fraction of sp³-hybridized carbons (Fsp3) is 0.778. The number of hydrogen-bond donors (Lipinski definition) is 2. The van der Waals surface area contributed by atoms with Gasteiger partial charge in [-0.1, -0.05) is 6.92 Å². The van der Waals surface area contributed by atoms with Gasteiger partial charge in [-0.15, -0.1) is 0 Å². The van der Waals surface area contributed by atoms with Crippen LogP contribution in [0.25, 0.3) is 0 Å². The van der Waals surface area contributed by atoms with Crippen molar-refractivity contribution in [1.82, 2.24) is 5.32 Å². The number of carboxylic acid groups (broad SMARTS) is 1.